The van der Waals surface area contributed by atoms with Crippen molar-refractivity contribution in [2.24, 2.45) is 0 Å². The van der Waals surface area contributed by atoms with Crippen LogP contribution in [0.25, 0.3) is 0 Å². The van der Waals surface area contributed by atoms with E-state index in [1.54, 1.807) is 0 Å². The van der Waals surface area contributed by atoms with Crippen LogP contribution < -0.4 is 0 Å². The number of aliphatic carboxylic acids is 1. The zero-order chi connectivity index (χ0) is 9.80. The predicted octanol–water partition coefficient (Wildman–Crippen LogP) is 1.31. The number of nitrogens with zero attached hydrogens (tertiary/aromatic N) is 1. The first-order valence-corrected chi connectivity index (χ1v) is 5.79. The highest BCUT2D eigenvalue weighted by molar-refractivity contribution is 9.26. The molecule has 0 aromatic carbocycles. The van der Waals surface area contributed by atoms with E-state index >= 15 is 0 Å². The average Bonchev–Trinajstić information content (AvgIpc) is 2.45. The zero-order valence-electron chi connectivity index (χ0n) is 6.03. The molecular weight excluding hydrogens is 326 g/mol. The Morgan fingerprint density at radius 3 is 2.85 bits per heavy atom. The SMILES string of the molecule is O=C(O)C1=CS[C@H]2N1C(=O)C2(Br)Br. The number of amides is 1. The highest BCUT2D eigenvalue weighted by atomic mass is 79.9. The Bertz CT molecular complexity index is 341. The standard InChI is InChI=1S/C6H3Br2NO3S/c7-6(8)4(12)9-2(3(10)11)1-13-5(6)9/h1,5H,(H,10,11)/t5-/m1/s1. The van der Waals surface area contributed by atoms with Gasteiger partial charge in [0.15, 0.2) is 3.23 Å². The van der Waals surface area contributed by atoms with E-state index in [-0.39, 0.29) is 17.0 Å². The first-order chi connectivity index (χ1) is 5.96. The minimum absolute atomic E-state index is 0.0505. The number of carboxylic acid groups (broad SMARTS) is 1. The van der Waals surface area contributed by atoms with Gasteiger partial charge in [-0.15, -0.1) is 11.8 Å². The van der Waals surface area contributed by atoms with Gasteiger partial charge in [0.05, 0.1) is 0 Å². The molecule has 0 saturated carbocycles. The van der Waals surface area contributed by atoms with Gasteiger partial charge in [-0.05, 0) is 0 Å². The van der Waals surface area contributed by atoms with Crippen LogP contribution in [0.1, 0.15) is 0 Å². The third-order valence-corrected chi connectivity index (χ3v) is 5.17. The van der Waals surface area contributed by atoms with E-state index in [1.165, 1.54) is 22.1 Å². The first-order valence-electron chi connectivity index (χ1n) is 3.26. The molecule has 1 saturated heterocycles. The van der Waals surface area contributed by atoms with E-state index in [0.717, 1.165) is 0 Å². The molecule has 1 fully saturated rings. The van der Waals surface area contributed by atoms with Gasteiger partial charge in [-0.1, -0.05) is 31.9 Å². The topological polar surface area (TPSA) is 57.6 Å². The molecule has 2 aliphatic rings. The van der Waals surface area contributed by atoms with Crippen molar-refractivity contribution in [3.63, 3.8) is 0 Å². The van der Waals surface area contributed by atoms with Crippen molar-refractivity contribution in [1.29, 1.82) is 0 Å². The van der Waals surface area contributed by atoms with Gasteiger partial charge in [-0.2, -0.15) is 0 Å². The summed E-state index contributed by atoms with van der Waals surface area (Å²) >= 11 is 7.69. The Morgan fingerprint density at radius 2 is 2.31 bits per heavy atom. The van der Waals surface area contributed by atoms with Crippen molar-refractivity contribution in [2.75, 3.05) is 0 Å². The molecule has 0 aromatic heterocycles. The number of carbonyl (C=O) groups is 2. The van der Waals surface area contributed by atoms with Crippen LogP contribution in [0.5, 0.6) is 0 Å². The summed E-state index contributed by atoms with van der Waals surface area (Å²) in [5.41, 5.74) is 0.0505. The molecule has 1 atom stereocenters. The predicted molar refractivity (Wildman–Crippen MR) is 54.5 cm³/mol. The Morgan fingerprint density at radius 1 is 1.69 bits per heavy atom. The Labute approximate surface area is 94.6 Å². The smallest absolute Gasteiger partial charge is 0.353 e. The normalized spacial score (nSPS) is 29.4. The summed E-state index contributed by atoms with van der Waals surface area (Å²) in [6.45, 7) is 0. The number of alkyl halides is 2. The molecule has 2 rings (SSSR count). The average molecular weight is 329 g/mol. The third kappa shape index (κ3) is 1.10. The van der Waals surface area contributed by atoms with E-state index in [9.17, 15) is 9.59 Å². The second-order valence-corrected chi connectivity index (χ2v) is 7.12. The summed E-state index contributed by atoms with van der Waals surface area (Å²) in [6, 6.07) is 0. The van der Waals surface area contributed by atoms with Gasteiger partial charge in [0.2, 0.25) is 0 Å². The summed E-state index contributed by atoms with van der Waals surface area (Å²) in [7, 11) is 0. The molecule has 1 amide bonds. The summed E-state index contributed by atoms with van der Waals surface area (Å²) < 4.78 is -0.793. The monoisotopic (exact) mass is 327 g/mol. The van der Waals surface area contributed by atoms with Gasteiger partial charge in [-0.3, -0.25) is 9.69 Å². The fraction of sp³-hybridized carbons (Fsp3) is 0.333. The fourth-order valence-corrected chi connectivity index (χ4v) is 3.70. The van der Waals surface area contributed by atoms with E-state index in [1.807, 2.05) is 0 Å². The molecule has 2 heterocycles. The van der Waals surface area contributed by atoms with E-state index in [4.69, 9.17) is 5.11 Å². The van der Waals surface area contributed by atoms with Gasteiger partial charge in [0.1, 0.15) is 11.1 Å². The van der Waals surface area contributed by atoms with E-state index in [2.05, 4.69) is 31.9 Å². The second kappa shape index (κ2) is 2.74. The molecule has 7 heteroatoms. The summed E-state index contributed by atoms with van der Waals surface area (Å²) in [4.78, 5) is 23.3. The van der Waals surface area contributed by atoms with Gasteiger partial charge >= 0.3 is 5.97 Å². The van der Waals surface area contributed by atoms with Crippen molar-refractivity contribution in [3.05, 3.63) is 11.1 Å². The number of carbonyl (C=O) groups excluding carboxylic acids is 1. The first kappa shape index (κ1) is 9.54. The van der Waals surface area contributed by atoms with Crippen LogP contribution in [0.4, 0.5) is 0 Å². The minimum Gasteiger partial charge on any atom is -0.477 e. The lowest BCUT2D eigenvalue weighted by molar-refractivity contribution is -0.145. The van der Waals surface area contributed by atoms with Crippen molar-refractivity contribution >= 4 is 55.5 Å². The Balaban J connectivity index is 2.28. The highest BCUT2D eigenvalue weighted by Gasteiger charge is 2.62. The lowest BCUT2D eigenvalue weighted by Gasteiger charge is -2.45. The summed E-state index contributed by atoms with van der Waals surface area (Å²) in [6.07, 6.45) is 0. The summed E-state index contributed by atoms with van der Waals surface area (Å²) in [5.74, 6) is -1.34. The highest BCUT2D eigenvalue weighted by Crippen LogP contribution is 2.54. The van der Waals surface area contributed by atoms with Crippen LogP contribution in [0.2, 0.25) is 0 Å². The number of thioether (sulfide) groups is 1. The molecule has 0 bridgehead atoms. The molecule has 0 radical (unpaired) electrons. The fourth-order valence-electron chi connectivity index (χ4n) is 1.19. The lowest BCUT2D eigenvalue weighted by atomic mass is 10.2. The molecule has 1 N–H and O–H groups in total. The Kier molecular flexibility index (Phi) is 2.01. The number of β-lactam (4-membered cyclic amide) rings is 1. The lowest BCUT2D eigenvalue weighted by Crippen LogP contribution is -2.64. The van der Waals surface area contributed by atoms with E-state index in [0.29, 0.717) is 0 Å². The number of carboxylic acids is 1. The van der Waals surface area contributed by atoms with Gasteiger partial charge in [0, 0.05) is 5.41 Å². The third-order valence-electron chi connectivity index (χ3n) is 1.84. The van der Waals surface area contributed by atoms with Crippen LogP contribution >= 0.6 is 43.6 Å². The molecule has 2 aliphatic heterocycles. The van der Waals surface area contributed by atoms with Crippen molar-refractivity contribution in [3.8, 4) is 0 Å². The maximum absolute atomic E-state index is 11.4. The molecule has 13 heavy (non-hydrogen) atoms. The summed E-state index contributed by atoms with van der Waals surface area (Å²) in [5, 5.41) is 10.0. The number of fused-ring (bicyclic) bond motifs is 1. The minimum atomic E-state index is -1.07. The quantitative estimate of drug-likeness (QED) is 0.582. The molecule has 0 spiro atoms. The van der Waals surface area contributed by atoms with Gasteiger partial charge in [-0.25, -0.2) is 4.79 Å². The number of rotatable bonds is 1. The van der Waals surface area contributed by atoms with Crippen molar-refractivity contribution < 1.29 is 14.7 Å². The Hall–Kier alpha value is -0.0100. The van der Waals surface area contributed by atoms with E-state index < -0.39 is 9.20 Å². The van der Waals surface area contributed by atoms with Gasteiger partial charge in [0.25, 0.3) is 5.91 Å². The second-order valence-electron chi connectivity index (χ2n) is 2.59. The molecule has 0 aromatic rings. The molecule has 0 unspecified atom stereocenters. The van der Waals surface area contributed by atoms with Crippen LogP contribution in [0.3, 0.4) is 0 Å². The molecule has 4 nitrogen and oxygen atoms in total. The molecule has 70 valence electrons. The maximum Gasteiger partial charge on any atom is 0.353 e. The van der Waals surface area contributed by atoms with Gasteiger partial charge < -0.3 is 5.11 Å². The van der Waals surface area contributed by atoms with Crippen LogP contribution in [0, 0.1) is 0 Å². The van der Waals surface area contributed by atoms with Crippen LogP contribution in [-0.4, -0.2) is 30.5 Å². The van der Waals surface area contributed by atoms with Crippen LogP contribution in [-0.2, 0) is 9.59 Å². The van der Waals surface area contributed by atoms with Crippen molar-refractivity contribution in [1.82, 2.24) is 4.90 Å². The number of hydrogen-bond acceptors (Lipinski definition) is 3. The largest absolute Gasteiger partial charge is 0.477 e. The zero-order valence-corrected chi connectivity index (χ0v) is 10.0. The number of halogens is 2. The molecule has 0 aliphatic carbocycles. The van der Waals surface area contributed by atoms with Crippen LogP contribution in [0.15, 0.2) is 11.1 Å². The maximum atomic E-state index is 11.4. The molecular formula is C6H3Br2NO3S. The number of hydrogen-bond donors (Lipinski definition) is 1. The van der Waals surface area contributed by atoms with Crippen molar-refractivity contribution in [2.45, 2.75) is 8.61 Å².